The van der Waals surface area contributed by atoms with Gasteiger partial charge in [0.1, 0.15) is 13.2 Å². The zero-order chi connectivity index (χ0) is 45.7. The molecule has 0 aliphatic heterocycles. The van der Waals surface area contributed by atoms with E-state index >= 15 is 0 Å². The van der Waals surface area contributed by atoms with Crippen LogP contribution >= 0.6 is 7.82 Å². The van der Waals surface area contributed by atoms with Gasteiger partial charge in [-0.1, -0.05) is 257 Å². The summed E-state index contributed by atoms with van der Waals surface area (Å²) in [7, 11) is 1.27. The molecule has 3 unspecified atom stereocenters. The van der Waals surface area contributed by atoms with Crippen molar-refractivity contribution in [3.8, 4) is 0 Å². The number of hydrogen-bond donors (Lipinski definition) is 2. The van der Waals surface area contributed by atoms with E-state index in [4.69, 9.17) is 9.05 Å². The molecule has 0 aliphatic carbocycles. The highest BCUT2D eigenvalue weighted by Crippen LogP contribution is 2.38. The fourth-order valence-corrected chi connectivity index (χ4v) is 8.94. The number of aliphatic hydroxyl groups excluding tert-OH is 1. The molecular formula is C53H107N2O6P. The number of unbranched alkanes of at least 4 members (excludes halogenated alkanes) is 37. The molecule has 0 aliphatic rings. The van der Waals surface area contributed by atoms with Gasteiger partial charge in [-0.3, -0.25) is 9.36 Å². The van der Waals surface area contributed by atoms with E-state index in [0.29, 0.717) is 17.4 Å². The molecule has 0 heterocycles. The monoisotopic (exact) mass is 899 g/mol. The van der Waals surface area contributed by atoms with Crippen LogP contribution in [0.4, 0.5) is 0 Å². The lowest BCUT2D eigenvalue weighted by atomic mass is 10.0. The number of allylic oxidation sites excluding steroid dienone is 1. The Bertz CT molecular complexity index is 1020. The molecule has 370 valence electrons. The molecule has 0 rings (SSSR count). The van der Waals surface area contributed by atoms with Gasteiger partial charge in [-0.05, 0) is 19.3 Å². The van der Waals surface area contributed by atoms with Crippen LogP contribution in [0.3, 0.4) is 0 Å². The van der Waals surface area contributed by atoms with Crippen molar-refractivity contribution >= 4 is 13.7 Å². The van der Waals surface area contributed by atoms with E-state index in [1.807, 2.05) is 27.2 Å². The second-order valence-corrected chi connectivity index (χ2v) is 21.4. The van der Waals surface area contributed by atoms with Gasteiger partial charge in [0.15, 0.2) is 0 Å². The number of carbonyl (C=O) groups is 1. The van der Waals surface area contributed by atoms with Crippen molar-refractivity contribution in [3.05, 3.63) is 12.2 Å². The fraction of sp³-hybridized carbons (Fsp3) is 0.943. The van der Waals surface area contributed by atoms with Crippen LogP contribution in [0.25, 0.3) is 0 Å². The van der Waals surface area contributed by atoms with Crippen LogP contribution in [0.2, 0.25) is 0 Å². The predicted octanol–water partition coefficient (Wildman–Crippen LogP) is 15.2. The number of aliphatic hydroxyl groups is 1. The number of nitrogens with zero attached hydrogens (tertiary/aromatic N) is 1. The Morgan fingerprint density at radius 1 is 0.548 bits per heavy atom. The van der Waals surface area contributed by atoms with Crippen LogP contribution in [-0.2, 0) is 18.4 Å². The number of amides is 1. The first-order valence-corrected chi connectivity index (χ1v) is 28.5. The molecule has 0 fully saturated rings. The van der Waals surface area contributed by atoms with E-state index in [1.165, 1.54) is 212 Å². The highest BCUT2D eigenvalue weighted by Gasteiger charge is 2.23. The zero-order valence-electron chi connectivity index (χ0n) is 42.1. The molecule has 0 radical (unpaired) electrons. The van der Waals surface area contributed by atoms with E-state index in [-0.39, 0.29) is 19.1 Å². The van der Waals surface area contributed by atoms with Gasteiger partial charge in [0.25, 0.3) is 7.82 Å². The number of phosphoric ester groups is 1. The first-order chi connectivity index (χ1) is 30.0. The number of nitrogens with one attached hydrogen (secondary N) is 1. The second kappa shape index (κ2) is 45.4. The molecule has 0 aromatic rings. The van der Waals surface area contributed by atoms with Crippen LogP contribution in [0.1, 0.15) is 271 Å². The molecule has 0 spiro atoms. The van der Waals surface area contributed by atoms with Crippen molar-refractivity contribution in [3.63, 3.8) is 0 Å². The van der Waals surface area contributed by atoms with Gasteiger partial charge in [0.2, 0.25) is 5.91 Å². The minimum Gasteiger partial charge on any atom is -0.756 e. The second-order valence-electron chi connectivity index (χ2n) is 19.9. The highest BCUT2D eigenvalue weighted by molar-refractivity contribution is 7.45. The van der Waals surface area contributed by atoms with Gasteiger partial charge in [0, 0.05) is 6.42 Å². The largest absolute Gasteiger partial charge is 0.756 e. The molecule has 3 atom stereocenters. The average Bonchev–Trinajstić information content (AvgIpc) is 3.23. The summed E-state index contributed by atoms with van der Waals surface area (Å²) in [5, 5.41) is 13.8. The summed E-state index contributed by atoms with van der Waals surface area (Å²) in [5.41, 5.74) is 0. The standard InChI is InChI=1S/C53H107N2O6P/c1-6-8-10-12-14-16-18-19-20-21-22-23-24-25-26-27-28-29-30-31-32-33-34-35-37-38-40-42-44-46-52(56)51(50-61-62(58,59)60-49-48-55(3,4)5)54-53(57)47-45-43-41-39-36-17-15-13-11-9-7-2/h44,46,51-52,56H,6-43,45,47-50H2,1-5H3,(H-,54,57,58,59)/b46-44+. The summed E-state index contributed by atoms with van der Waals surface area (Å²) in [6, 6.07) is -0.880. The Morgan fingerprint density at radius 2 is 0.871 bits per heavy atom. The van der Waals surface area contributed by atoms with Gasteiger partial charge in [-0.15, -0.1) is 0 Å². The summed E-state index contributed by atoms with van der Waals surface area (Å²) < 4.78 is 23.3. The van der Waals surface area contributed by atoms with Crippen molar-refractivity contribution in [2.45, 2.75) is 283 Å². The topological polar surface area (TPSA) is 108 Å². The minimum absolute atomic E-state index is 0.00225. The summed E-state index contributed by atoms with van der Waals surface area (Å²) in [6.45, 7) is 4.67. The molecule has 2 N–H and O–H groups in total. The quantitative estimate of drug-likeness (QED) is 0.0272. The molecule has 0 aromatic carbocycles. The average molecular weight is 899 g/mol. The summed E-state index contributed by atoms with van der Waals surface area (Å²) >= 11 is 0. The van der Waals surface area contributed by atoms with E-state index in [0.717, 1.165) is 38.5 Å². The van der Waals surface area contributed by atoms with Crippen LogP contribution in [0.5, 0.6) is 0 Å². The molecule has 0 aromatic heterocycles. The Morgan fingerprint density at radius 3 is 1.21 bits per heavy atom. The first-order valence-electron chi connectivity index (χ1n) is 27.1. The number of likely N-dealkylation sites (N-methyl/N-ethyl adjacent to an activating group) is 1. The summed E-state index contributed by atoms with van der Waals surface area (Å²) in [6.07, 6.45) is 54.4. The van der Waals surface area contributed by atoms with Gasteiger partial charge in [-0.25, -0.2) is 0 Å². The van der Waals surface area contributed by atoms with Gasteiger partial charge in [-0.2, -0.15) is 0 Å². The van der Waals surface area contributed by atoms with Crippen LogP contribution in [0, 0.1) is 0 Å². The molecule has 1 amide bonds. The normalized spacial score (nSPS) is 14.1. The van der Waals surface area contributed by atoms with Gasteiger partial charge >= 0.3 is 0 Å². The lowest BCUT2D eigenvalue weighted by Gasteiger charge is -2.29. The lowest BCUT2D eigenvalue weighted by molar-refractivity contribution is -0.870. The first kappa shape index (κ1) is 61.2. The van der Waals surface area contributed by atoms with Gasteiger partial charge in [0.05, 0.1) is 39.9 Å². The maximum Gasteiger partial charge on any atom is 0.268 e. The Balaban J connectivity index is 4.07. The molecule has 0 bridgehead atoms. The van der Waals surface area contributed by atoms with Crippen LogP contribution in [-0.4, -0.2) is 68.5 Å². The molecule has 0 saturated carbocycles. The minimum atomic E-state index is -4.58. The van der Waals surface area contributed by atoms with E-state index < -0.39 is 20.0 Å². The van der Waals surface area contributed by atoms with E-state index in [1.54, 1.807) is 6.08 Å². The van der Waals surface area contributed by atoms with E-state index in [9.17, 15) is 19.4 Å². The third kappa shape index (κ3) is 47.2. The van der Waals surface area contributed by atoms with Crippen molar-refractivity contribution in [2.24, 2.45) is 0 Å². The van der Waals surface area contributed by atoms with Crippen molar-refractivity contribution in [1.82, 2.24) is 5.32 Å². The van der Waals surface area contributed by atoms with Crippen LogP contribution in [0.15, 0.2) is 12.2 Å². The van der Waals surface area contributed by atoms with Crippen molar-refractivity contribution < 1.29 is 32.9 Å². The SMILES string of the molecule is CCCCCCCCCCCCCCCCCCCCCCCCCCCCC/C=C/C(O)C(COP(=O)([O-])OCC[N+](C)(C)C)NC(=O)CCCCCCCCCCCCC. The Labute approximate surface area is 386 Å². The maximum absolute atomic E-state index is 12.9. The molecule has 9 heteroatoms. The number of carbonyl (C=O) groups excluding carboxylic acids is 1. The number of hydrogen-bond acceptors (Lipinski definition) is 6. The Kier molecular flexibility index (Phi) is 44.8. The number of rotatable bonds is 50. The smallest absolute Gasteiger partial charge is 0.268 e. The van der Waals surface area contributed by atoms with E-state index in [2.05, 4.69) is 19.2 Å². The summed E-state index contributed by atoms with van der Waals surface area (Å²) in [4.78, 5) is 25.3. The molecule has 62 heavy (non-hydrogen) atoms. The molecular weight excluding hydrogens is 792 g/mol. The third-order valence-electron chi connectivity index (χ3n) is 12.5. The zero-order valence-corrected chi connectivity index (χ0v) is 43.0. The highest BCUT2D eigenvalue weighted by atomic mass is 31.2. The van der Waals surface area contributed by atoms with Crippen LogP contribution < -0.4 is 10.2 Å². The number of quaternary nitrogens is 1. The predicted molar refractivity (Wildman–Crippen MR) is 266 cm³/mol. The van der Waals surface area contributed by atoms with Gasteiger partial charge < -0.3 is 28.8 Å². The van der Waals surface area contributed by atoms with Crippen molar-refractivity contribution in [1.29, 1.82) is 0 Å². The Hall–Kier alpha value is -0.760. The fourth-order valence-electron chi connectivity index (χ4n) is 8.21. The third-order valence-corrected chi connectivity index (χ3v) is 13.5. The summed E-state index contributed by atoms with van der Waals surface area (Å²) in [5.74, 6) is -0.195. The lowest BCUT2D eigenvalue weighted by Crippen LogP contribution is -2.45. The number of phosphoric acid groups is 1. The molecule has 0 saturated heterocycles. The van der Waals surface area contributed by atoms with Crippen molar-refractivity contribution in [2.75, 3.05) is 40.9 Å². The maximum atomic E-state index is 12.9. The molecule has 8 nitrogen and oxygen atoms in total.